The molecule has 0 aliphatic heterocycles. The number of aromatic nitrogens is 3. The highest BCUT2D eigenvalue weighted by molar-refractivity contribution is 5.73. The van der Waals surface area contributed by atoms with E-state index in [-0.39, 0.29) is 17.1 Å². The van der Waals surface area contributed by atoms with Crippen LogP contribution < -0.4 is 16.6 Å². The number of benzene rings is 1. The molecule has 4 rings (SSSR count). The minimum Gasteiger partial charge on any atom is -0.368 e. The van der Waals surface area contributed by atoms with Crippen molar-refractivity contribution in [1.82, 2.24) is 14.4 Å². The molecular weight excluding hydrogens is 395 g/mol. The van der Waals surface area contributed by atoms with Gasteiger partial charge in [0.2, 0.25) is 5.95 Å². The molecule has 3 aromatic heterocycles. The van der Waals surface area contributed by atoms with Gasteiger partial charge < -0.3 is 11.1 Å². The van der Waals surface area contributed by atoms with E-state index >= 15 is 0 Å². The summed E-state index contributed by atoms with van der Waals surface area (Å²) >= 11 is 0. The van der Waals surface area contributed by atoms with Crippen LogP contribution in [0.1, 0.15) is 16.7 Å². The molecule has 31 heavy (non-hydrogen) atoms. The Kier molecular flexibility index (Phi) is 5.33. The molecule has 0 unspecified atom stereocenters. The lowest BCUT2D eigenvalue weighted by molar-refractivity contribution is 0.618. The van der Waals surface area contributed by atoms with Crippen molar-refractivity contribution in [3.63, 3.8) is 0 Å². The second-order valence-corrected chi connectivity index (χ2v) is 7.03. The van der Waals surface area contributed by atoms with Crippen molar-refractivity contribution < 1.29 is 4.39 Å². The zero-order valence-corrected chi connectivity index (χ0v) is 16.8. The van der Waals surface area contributed by atoms with Gasteiger partial charge in [-0.25, -0.2) is 9.37 Å². The molecule has 0 spiro atoms. The fraction of sp³-hybridized carbons (Fsp3) is 0.130. The normalized spacial score (nSPS) is 10.7. The molecule has 8 heteroatoms. The third kappa shape index (κ3) is 3.81. The maximum atomic E-state index is 13.9. The van der Waals surface area contributed by atoms with Crippen LogP contribution in [0, 0.1) is 24.1 Å². The Hall–Kier alpha value is -4.25. The summed E-state index contributed by atoms with van der Waals surface area (Å²) in [5, 5.41) is 12.4. The summed E-state index contributed by atoms with van der Waals surface area (Å²) in [6.07, 6.45) is 3.05. The van der Waals surface area contributed by atoms with Crippen molar-refractivity contribution in [3.05, 3.63) is 87.7 Å². The predicted octanol–water partition coefficient (Wildman–Crippen LogP) is 3.31. The van der Waals surface area contributed by atoms with Crippen LogP contribution in [0.2, 0.25) is 0 Å². The van der Waals surface area contributed by atoms with Gasteiger partial charge in [-0.1, -0.05) is 30.3 Å². The first kappa shape index (κ1) is 20.0. The number of nitriles is 1. The molecule has 0 atom stereocenters. The fourth-order valence-corrected chi connectivity index (χ4v) is 3.67. The van der Waals surface area contributed by atoms with Gasteiger partial charge in [0, 0.05) is 12.7 Å². The maximum Gasteiger partial charge on any atom is 0.263 e. The van der Waals surface area contributed by atoms with Crippen molar-refractivity contribution in [1.29, 1.82) is 5.26 Å². The summed E-state index contributed by atoms with van der Waals surface area (Å²) < 4.78 is 15.2. The highest BCUT2D eigenvalue weighted by Gasteiger charge is 2.17. The van der Waals surface area contributed by atoms with Gasteiger partial charge in [-0.3, -0.25) is 9.20 Å². The smallest absolute Gasteiger partial charge is 0.263 e. The van der Waals surface area contributed by atoms with Crippen molar-refractivity contribution in [2.24, 2.45) is 0 Å². The van der Waals surface area contributed by atoms with Gasteiger partial charge in [-0.2, -0.15) is 10.2 Å². The molecule has 154 valence electrons. The van der Waals surface area contributed by atoms with Crippen molar-refractivity contribution in [2.45, 2.75) is 13.3 Å². The van der Waals surface area contributed by atoms with Crippen molar-refractivity contribution in [3.8, 4) is 17.2 Å². The van der Waals surface area contributed by atoms with Crippen LogP contribution in [0.25, 0.3) is 16.6 Å². The number of nitrogens with zero attached hydrogens (tertiary/aromatic N) is 4. The Balaban J connectivity index is 1.79. The highest BCUT2D eigenvalue weighted by Crippen LogP contribution is 2.26. The lowest BCUT2D eigenvalue weighted by atomic mass is 9.94. The van der Waals surface area contributed by atoms with Gasteiger partial charge in [-0.05, 0) is 42.2 Å². The first-order chi connectivity index (χ1) is 15.0. The first-order valence-electron chi connectivity index (χ1n) is 9.65. The third-order valence-corrected chi connectivity index (χ3v) is 5.14. The second-order valence-electron chi connectivity index (χ2n) is 7.03. The fourth-order valence-electron chi connectivity index (χ4n) is 3.67. The zero-order valence-electron chi connectivity index (χ0n) is 16.8. The Morgan fingerprint density at radius 1 is 1.23 bits per heavy atom. The molecule has 0 amide bonds. The molecule has 1 aromatic carbocycles. The van der Waals surface area contributed by atoms with Crippen LogP contribution in [-0.2, 0) is 6.42 Å². The second kappa shape index (κ2) is 8.24. The standard InChI is InChI=1S/C23H19FN6O/c1-14-18(9-10-27-21-16(11-25)12-28-23(26)29-21)20(15-5-3-2-4-6-15)22(31)30-13-17(24)7-8-19(14)30/h2-8,12-13H,9-10H2,1H3,(H3,26,27,28,29). The molecular formula is C23H19FN6O. The molecule has 0 saturated carbocycles. The topological polar surface area (TPSA) is 109 Å². The van der Waals surface area contributed by atoms with Crippen molar-refractivity contribution in [2.75, 3.05) is 17.6 Å². The molecule has 4 aromatic rings. The van der Waals surface area contributed by atoms with Crippen LogP contribution in [0.5, 0.6) is 0 Å². The number of pyridine rings is 2. The molecule has 0 saturated heterocycles. The van der Waals surface area contributed by atoms with E-state index < -0.39 is 5.82 Å². The van der Waals surface area contributed by atoms with Crippen LogP contribution in [0.15, 0.2) is 59.7 Å². The average molecular weight is 414 g/mol. The number of hydrogen-bond acceptors (Lipinski definition) is 6. The van der Waals surface area contributed by atoms with E-state index in [4.69, 9.17) is 5.73 Å². The number of rotatable bonds is 5. The molecule has 3 heterocycles. The van der Waals surface area contributed by atoms with Gasteiger partial charge in [0.25, 0.3) is 5.56 Å². The molecule has 3 N–H and O–H groups in total. The predicted molar refractivity (Wildman–Crippen MR) is 117 cm³/mol. The maximum absolute atomic E-state index is 13.9. The van der Waals surface area contributed by atoms with E-state index in [0.29, 0.717) is 29.9 Å². The Morgan fingerprint density at radius 2 is 2.00 bits per heavy atom. The van der Waals surface area contributed by atoms with Crippen LogP contribution in [-0.4, -0.2) is 20.9 Å². The molecule has 0 aliphatic rings. The lowest BCUT2D eigenvalue weighted by Gasteiger charge is -2.17. The monoisotopic (exact) mass is 414 g/mol. The summed E-state index contributed by atoms with van der Waals surface area (Å²) in [5.41, 5.74) is 9.27. The van der Waals surface area contributed by atoms with Crippen LogP contribution in [0.4, 0.5) is 16.2 Å². The number of halogens is 1. The Bertz CT molecular complexity index is 1380. The lowest BCUT2D eigenvalue weighted by Crippen LogP contribution is -2.21. The van der Waals surface area contributed by atoms with E-state index in [1.54, 1.807) is 6.07 Å². The number of nitrogens with two attached hydrogens (primary N) is 1. The summed E-state index contributed by atoms with van der Waals surface area (Å²) in [5.74, 6) is -0.0741. The van der Waals surface area contributed by atoms with Gasteiger partial charge >= 0.3 is 0 Å². The number of hydrogen-bond donors (Lipinski definition) is 2. The summed E-state index contributed by atoms with van der Waals surface area (Å²) in [4.78, 5) is 21.2. The van der Waals surface area contributed by atoms with E-state index in [9.17, 15) is 14.4 Å². The summed E-state index contributed by atoms with van der Waals surface area (Å²) in [6.45, 7) is 2.32. The summed E-state index contributed by atoms with van der Waals surface area (Å²) in [6, 6.07) is 14.3. The van der Waals surface area contributed by atoms with E-state index in [2.05, 4.69) is 15.3 Å². The van der Waals surface area contributed by atoms with Gasteiger partial charge in [-0.15, -0.1) is 0 Å². The van der Waals surface area contributed by atoms with Crippen LogP contribution in [0.3, 0.4) is 0 Å². The zero-order chi connectivity index (χ0) is 22.0. The van der Waals surface area contributed by atoms with Gasteiger partial charge in [0.15, 0.2) is 0 Å². The molecule has 7 nitrogen and oxygen atoms in total. The van der Waals surface area contributed by atoms with Gasteiger partial charge in [0.1, 0.15) is 23.3 Å². The third-order valence-electron chi connectivity index (χ3n) is 5.14. The minimum absolute atomic E-state index is 0.0635. The quantitative estimate of drug-likeness (QED) is 0.519. The van der Waals surface area contributed by atoms with Gasteiger partial charge in [0.05, 0.1) is 17.3 Å². The Morgan fingerprint density at radius 3 is 2.74 bits per heavy atom. The first-order valence-corrected chi connectivity index (χ1v) is 9.65. The SMILES string of the molecule is Cc1c(CCNc2nc(N)ncc2C#N)c(-c2ccccc2)c(=O)n2cc(F)ccc12. The summed E-state index contributed by atoms with van der Waals surface area (Å²) in [7, 11) is 0. The minimum atomic E-state index is -0.479. The van der Waals surface area contributed by atoms with Crippen molar-refractivity contribution >= 4 is 17.3 Å². The van der Waals surface area contributed by atoms with Crippen LogP contribution >= 0.6 is 0 Å². The van der Waals surface area contributed by atoms with E-state index in [1.165, 1.54) is 22.9 Å². The number of anilines is 2. The molecule has 0 radical (unpaired) electrons. The molecule has 0 fully saturated rings. The molecule has 0 bridgehead atoms. The Labute approximate surface area is 177 Å². The largest absolute Gasteiger partial charge is 0.368 e. The van der Waals surface area contributed by atoms with E-state index in [0.717, 1.165) is 16.7 Å². The number of fused-ring (bicyclic) bond motifs is 1. The highest BCUT2D eigenvalue weighted by atomic mass is 19.1. The number of aryl methyl sites for hydroxylation is 1. The number of nitrogens with one attached hydrogen (secondary N) is 1. The molecule has 0 aliphatic carbocycles. The van der Waals surface area contributed by atoms with E-state index in [1.807, 2.05) is 43.3 Å². The number of nitrogen functional groups attached to an aromatic ring is 1. The average Bonchev–Trinajstić information content (AvgIpc) is 2.78.